The average molecular weight is 300 g/mol. The van der Waals surface area contributed by atoms with Crippen LogP contribution in [0.4, 0.5) is 0 Å². The van der Waals surface area contributed by atoms with Gasteiger partial charge in [-0.15, -0.1) is 0 Å². The number of aryl methyl sites for hydroxylation is 2. The summed E-state index contributed by atoms with van der Waals surface area (Å²) < 4.78 is 5.86. The molecule has 4 aromatic rings. The smallest absolute Gasteiger partial charge is 0.150 e. The predicted molar refractivity (Wildman–Crippen MR) is 93.0 cm³/mol. The highest BCUT2D eigenvalue weighted by Crippen LogP contribution is 2.24. The second kappa shape index (κ2) is 5.73. The lowest BCUT2D eigenvalue weighted by Crippen LogP contribution is -1.97. The standard InChI is InChI=1S/C21H16O2/c22-14-20-16(10-9-15-5-1-3-7-19(15)20)11-12-18-13-17-6-2-4-8-21(17)23-18/h1-10,13-14H,11-12H2. The first-order valence-corrected chi connectivity index (χ1v) is 7.78. The summed E-state index contributed by atoms with van der Waals surface area (Å²) in [7, 11) is 0. The van der Waals surface area contributed by atoms with Crippen LogP contribution in [0.1, 0.15) is 21.7 Å². The number of carbonyl (C=O) groups excluding carboxylic acids is 1. The summed E-state index contributed by atoms with van der Waals surface area (Å²) in [5, 5.41) is 3.24. The molecule has 0 saturated heterocycles. The third-order valence-electron chi connectivity index (χ3n) is 4.30. The van der Waals surface area contributed by atoms with Gasteiger partial charge in [0.25, 0.3) is 0 Å². The van der Waals surface area contributed by atoms with Gasteiger partial charge in [0.15, 0.2) is 6.29 Å². The number of benzene rings is 3. The summed E-state index contributed by atoms with van der Waals surface area (Å²) in [6, 6.07) is 22.2. The van der Waals surface area contributed by atoms with Gasteiger partial charge >= 0.3 is 0 Å². The highest BCUT2D eigenvalue weighted by Gasteiger charge is 2.09. The normalized spacial score (nSPS) is 11.1. The van der Waals surface area contributed by atoms with Gasteiger partial charge in [-0.25, -0.2) is 0 Å². The highest BCUT2D eigenvalue weighted by atomic mass is 16.3. The molecule has 1 aromatic heterocycles. The van der Waals surface area contributed by atoms with E-state index in [0.717, 1.165) is 57.8 Å². The minimum Gasteiger partial charge on any atom is -0.461 e. The number of furan rings is 1. The molecule has 0 fully saturated rings. The van der Waals surface area contributed by atoms with Gasteiger partial charge < -0.3 is 4.42 Å². The molecule has 1 heterocycles. The van der Waals surface area contributed by atoms with Crippen LogP contribution in [0.3, 0.4) is 0 Å². The minimum atomic E-state index is 0.786. The first-order chi connectivity index (χ1) is 11.3. The zero-order chi connectivity index (χ0) is 15.6. The number of fused-ring (bicyclic) bond motifs is 2. The zero-order valence-corrected chi connectivity index (χ0v) is 12.7. The SMILES string of the molecule is O=Cc1c(CCc2cc3ccccc3o2)ccc2ccccc12. The van der Waals surface area contributed by atoms with Gasteiger partial charge in [-0.2, -0.15) is 0 Å². The van der Waals surface area contributed by atoms with Crippen molar-refractivity contribution >= 4 is 28.0 Å². The molecule has 0 amide bonds. The topological polar surface area (TPSA) is 30.2 Å². The third kappa shape index (κ3) is 2.53. The summed E-state index contributed by atoms with van der Waals surface area (Å²) in [5.74, 6) is 0.955. The first kappa shape index (κ1) is 13.8. The van der Waals surface area contributed by atoms with Crippen LogP contribution < -0.4 is 0 Å². The van der Waals surface area contributed by atoms with Gasteiger partial charge in [0.1, 0.15) is 11.3 Å². The van der Waals surface area contributed by atoms with Crippen LogP contribution in [0.15, 0.2) is 71.1 Å². The third-order valence-corrected chi connectivity index (χ3v) is 4.30. The van der Waals surface area contributed by atoms with Crippen LogP contribution in [0, 0.1) is 0 Å². The lowest BCUT2D eigenvalue weighted by Gasteiger charge is -2.07. The summed E-state index contributed by atoms with van der Waals surface area (Å²) >= 11 is 0. The molecule has 23 heavy (non-hydrogen) atoms. The number of rotatable bonds is 4. The second-order valence-corrected chi connectivity index (χ2v) is 5.73. The Labute approximate surface area is 134 Å². The van der Waals surface area contributed by atoms with Crippen molar-refractivity contribution in [2.24, 2.45) is 0 Å². The molecule has 0 radical (unpaired) electrons. The molecule has 0 aliphatic rings. The number of aldehydes is 1. The molecule has 0 unspecified atom stereocenters. The van der Waals surface area contributed by atoms with Crippen molar-refractivity contribution < 1.29 is 9.21 Å². The molecule has 0 bridgehead atoms. The largest absolute Gasteiger partial charge is 0.461 e. The van der Waals surface area contributed by atoms with E-state index in [9.17, 15) is 4.79 Å². The number of hydrogen-bond acceptors (Lipinski definition) is 2. The zero-order valence-electron chi connectivity index (χ0n) is 12.7. The van der Waals surface area contributed by atoms with E-state index in [-0.39, 0.29) is 0 Å². The molecule has 112 valence electrons. The van der Waals surface area contributed by atoms with Crippen molar-refractivity contribution in [1.82, 2.24) is 0 Å². The van der Waals surface area contributed by atoms with E-state index in [1.165, 1.54) is 0 Å². The number of hydrogen-bond donors (Lipinski definition) is 0. The molecule has 0 N–H and O–H groups in total. The lowest BCUT2D eigenvalue weighted by atomic mass is 9.96. The van der Waals surface area contributed by atoms with E-state index in [2.05, 4.69) is 24.3 Å². The van der Waals surface area contributed by atoms with E-state index in [0.29, 0.717) is 0 Å². The fourth-order valence-corrected chi connectivity index (χ4v) is 3.12. The Bertz CT molecular complexity index is 962. The molecule has 2 nitrogen and oxygen atoms in total. The Balaban J connectivity index is 1.66. The monoisotopic (exact) mass is 300 g/mol. The van der Waals surface area contributed by atoms with Crippen molar-refractivity contribution in [2.75, 3.05) is 0 Å². The molecular weight excluding hydrogens is 284 g/mol. The number of carbonyl (C=O) groups is 1. The van der Waals surface area contributed by atoms with E-state index in [4.69, 9.17) is 4.42 Å². The fraction of sp³-hybridized carbons (Fsp3) is 0.0952. The van der Waals surface area contributed by atoms with Crippen LogP contribution in [0.5, 0.6) is 0 Å². The van der Waals surface area contributed by atoms with Gasteiger partial charge in [0.2, 0.25) is 0 Å². The van der Waals surface area contributed by atoms with E-state index >= 15 is 0 Å². The van der Waals surface area contributed by atoms with Crippen LogP contribution >= 0.6 is 0 Å². The Morgan fingerprint density at radius 2 is 1.61 bits per heavy atom. The van der Waals surface area contributed by atoms with Crippen molar-refractivity contribution in [1.29, 1.82) is 0 Å². The summed E-state index contributed by atoms with van der Waals surface area (Å²) in [5.41, 5.74) is 2.77. The van der Waals surface area contributed by atoms with Gasteiger partial charge in [-0.05, 0) is 34.9 Å². The quantitative estimate of drug-likeness (QED) is 0.486. The molecule has 0 saturated carbocycles. The van der Waals surface area contributed by atoms with E-state index in [1.807, 2.05) is 42.5 Å². The summed E-state index contributed by atoms with van der Waals surface area (Å²) in [6.45, 7) is 0. The fourth-order valence-electron chi connectivity index (χ4n) is 3.12. The molecule has 3 aromatic carbocycles. The Hall–Kier alpha value is -2.87. The maximum atomic E-state index is 11.6. The number of para-hydroxylation sites is 1. The molecule has 0 aliphatic carbocycles. The molecule has 0 atom stereocenters. The van der Waals surface area contributed by atoms with Crippen molar-refractivity contribution in [3.63, 3.8) is 0 Å². The van der Waals surface area contributed by atoms with E-state index < -0.39 is 0 Å². The first-order valence-electron chi connectivity index (χ1n) is 7.78. The Kier molecular flexibility index (Phi) is 3.43. The van der Waals surface area contributed by atoms with Gasteiger partial charge in [-0.1, -0.05) is 54.6 Å². The van der Waals surface area contributed by atoms with Crippen LogP contribution in [-0.2, 0) is 12.8 Å². The van der Waals surface area contributed by atoms with Gasteiger partial charge in [0.05, 0.1) is 0 Å². The second-order valence-electron chi connectivity index (χ2n) is 5.73. The predicted octanol–water partition coefficient (Wildman–Crippen LogP) is 5.18. The van der Waals surface area contributed by atoms with Crippen molar-refractivity contribution in [3.05, 3.63) is 83.6 Å². The van der Waals surface area contributed by atoms with Crippen LogP contribution in [0.2, 0.25) is 0 Å². The maximum Gasteiger partial charge on any atom is 0.150 e. The Morgan fingerprint density at radius 1 is 0.826 bits per heavy atom. The summed E-state index contributed by atoms with van der Waals surface area (Å²) in [4.78, 5) is 11.6. The van der Waals surface area contributed by atoms with Crippen molar-refractivity contribution in [3.8, 4) is 0 Å². The van der Waals surface area contributed by atoms with Crippen LogP contribution in [0.25, 0.3) is 21.7 Å². The van der Waals surface area contributed by atoms with Crippen molar-refractivity contribution in [2.45, 2.75) is 12.8 Å². The minimum absolute atomic E-state index is 0.786. The molecule has 2 heteroatoms. The summed E-state index contributed by atoms with van der Waals surface area (Å²) in [6.07, 6.45) is 2.54. The molecular formula is C21H16O2. The molecule has 0 spiro atoms. The van der Waals surface area contributed by atoms with Crippen LogP contribution in [-0.4, -0.2) is 6.29 Å². The lowest BCUT2D eigenvalue weighted by molar-refractivity contribution is 0.112. The van der Waals surface area contributed by atoms with Gasteiger partial charge in [-0.3, -0.25) is 4.79 Å². The average Bonchev–Trinajstić information content (AvgIpc) is 3.02. The maximum absolute atomic E-state index is 11.6. The molecule has 0 aliphatic heterocycles. The highest BCUT2D eigenvalue weighted by molar-refractivity contribution is 5.99. The van der Waals surface area contributed by atoms with Gasteiger partial charge in [0, 0.05) is 17.4 Å². The van der Waals surface area contributed by atoms with E-state index in [1.54, 1.807) is 0 Å². The Morgan fingerprint density at radius 3 is 2.43 bits per heavy atom. The molecule has 4 rings (SSSR count).